The van der Waals surface area contributed by atoms with Crippen LogP contribution < -0.4 is 0 Å². The number of aryl methyl sites for hydroxylation is 2. The van der Waals surface area contributed by atoms with E-state index in [4.69, 9.17) is 11.6 Å². The third kappa shape index (κ3) is 3.32. The Labute approximate surface area is 104 Å². The predicted octanol–water partition coefficient (Wildman–Crippen LogP) is 4.27. The summed E-state index contributed by atoms with van der Waals surface area (Å²) < 4.78 is 1.02. The molecule has 15 heavy (non-hydrogen) atoms. The molecule has 0 N–H and O–H groups in total. The molecule has 3 heteroatoms. The van der Waals surface area contributed by atoms with Gasteiger partial charge in [0, 0.05) is 22.3 Å². The summed E-state index contributed by atoms with van der Waals surface area (Å²) in [7, 11) is 0. The highest BCUT2D eigenvalue weighted by Crippen LogP contribution is 2.22. The summed E-state index contributed by atoms with van der Waals surface area (Å²) in [5.41, 5.74) is 2.91. The molecule has 1 nitrogen and oxygen atoms in total. The molecule has 0 spiro atoms. The zero-order valence-electron chi connectivity index (χ0n) is 8.94. The van der Waals surface area contributed by atoms with Crippen molar-refractivity contribution in [1.29, 1.82) is 0 Å². The van der Waals surface area contributed by atoms with E-state index in [-0.39, 0.29) is 5.78 Å². The molecule has 0 saturated carbocycles. The number of alkyl halides is 1. The van der Waals surface area contributed by atoms with Crippen LogP contribution in [0.2, 0.25) is 0 Å². The summed E-state index contributed by atoms with van der Waals surface area (Å²) in [5.74, 6) is 0.735. The average Bonchev–Trinajstić information content (AvgIpc) is 2.12. The quantitative estimate of drug-likeness (QED) is 0.597. The van der Waals surface area contributed by atoms with E-state index in [1.165, 1.54) is 0 Å². The standard InChI is InChI=1S/C12H14BrClO/c1-8-6-10(13)7-9(2)12(8)11(15)4-3-5-14/h6-7H,3-5H2,1-2H3. The van der Waals surface area contributed by atoms with Gasteiger partial charge in [0.2, 0.25) is 0 Å². The highest BCUT2D eigenvalue weighted by atomic mass is 79.9. The van der Waals surface area contributed by atoms with Crippen molar-refractivity contribution >= 4 is 33.3 Å². The zero-order chi connectivity index (χ0) is 11.4. The Bertz CT molecular complexity index is 351. The molecule has 1 aromatic carbocycles. The lowest BCUT2D eigenvalue weighted by molar-refractivity contribution is 0.0981. The molecule has 0 radical (unpaired) electrons. The Hall–Kier alpha value is -0.340. The summed E-state index contributed by atoms with van der Waals surface area (Å²) in [5, 5.41) is 0. The van der Waals surface area contributed by atoms with Gasteiger partial charge in [0.05, 0.1) is 0 Å². The fourth-order valence-electron chi connectivity index (χ4n) is 1.70. The molecule has 82 valence electrons. The second-order valence-electron chi connectivity index (χ2n) is 3.63. The fourth-order valence-corrected chi connectivity index (χ4v) is 2.52. The zero-order valence-corrected chi connectivity index (χ0v) is 11.3. The second-order valence-corrected chi connectivity index (χ2v) is 4.92. The van der Waals surface area contributed by atoms with Crippen LogP contribution in [0, 0.1) is 13.8 Å². The molecule has 0 bridgehead atoms. The number of carbonyl (C=O) groups excluding carboxylic acids is 1. The summed E-state index contributed by atoms with van der Waals surface area (Å²) in [6.07, 6.45) is 1.28. The molecule has 0 fully saturated rings. The summed E-state index contributed by atoms with van der Waals surface area (Å²) in [4.78, 5) is 11.9. The summed E-state index contributed by atoms with van der Waals surface area (Å²) in [6.45, 7) is 3.93. The number of carbonyl (C=O) groups is 1. The van der Waals surface area contributed by atoms with Crippen LogP contribution in [0.25, 0.3) is 0 Å². The molecule has 0 saturated heterocycles. The van der Waals surface area contributed by atoms with Crippen molar-refractivity contribution in [2.24, 2.45) is 0 Å². The van der Waals surface area contributed by atoms with Gasteiger partial charge in [-0.15, -0.1) is 11.6 Å². The van der Waals surface area contributed by atoms with E-state index in [0.717, 1.165) is 27.6 Å². The van der Waals surface area contributed by atoms with Crippen LogP contribution in [-0.2, 0) is 0 Å². The van der Waals surface area contributed by atoms with Gasteiger partial charge >= 0.3 is 0 Å². The number of Topliss-reactive ketones (excluding diaryl/α,β-unsaturated/α-hetero) is 1. The molecule has 1 aromatic rings. The molecule has 0 aliphatic carbocycles. The van der Waals surface area contributed by atoms with E-state index < -0.39 is 0 Å². The highest BCUT2D eigenvalue weighted by molar-refractivity contribution is 9.10. The van der Waals surface area contributed by atoms with Gasteiger partial charge in [0.25, 0.3) is 0 Å². The smallest absolute Gasteiger partial charge is 0.163 e. The lowest BCUT2D eigenvalue weighted by atomic mass is 9.97. The number of benzene rings is 1. The Morgan fingerprint density at radius 2 is 1.87 bits per heavy atom. The van der Waals surface area contributed by atoms with Gasteiger partial charge in [-0.05, 0) is 43.5 Å². The van der Waals surface area contributed by atoms with Gasteiger partial charge in [-0.3, -0.25) is 4.79 Å². The van der Waals surface area contributed by atoms with Crippen LogP contribution >= 0.6 is 27.5 Å². The minimum absolute atomic E-state index is 0.193. The van der Waals surface area contributed by atoms with Crippen molar-refractivity contribution in [3.05, 3.63) is 33.3 Å². The van der Waals surface area contributed by atoms with Gasteiger partial charge in [0.15, 0.2) is 5.78 Å². The molecule has 0 atom stereocenters. The first kappa shape index (κ1) is 12.7. The van der Waals surface area contributed by atoms with E-state index in [1.807, 2.05) is 26.0 Å². The van der Waals surface area contributed by atoms with E-state index in [0.29, 0.717) is 12.3 Å². The molecular formula is C12H14BrClO. The summed E-state index contributed by atoms with van der Waals surface area (Å²) in [6, 6.07) is 3.95. The normalized spacial score (nSPS) is 10.4. The van der Waals surface area contributed by atoms with Gasteiger partial charge in [-0.2, -0.15) is 0 Å². The van der Waals surface area contributed by atoms with Crippen LogP contribution in [0.3, 0.4) is 0 Å². The third-order valence-corrected chi connectivity index (χ3v) is 3.04. The Morgan fingerprint density at radius 1 is 1.33 bits per heavy atom. The topological polar surface area (TPSA) is 17.1 Å². The van der Waals surface area contributed by atoms with Crippen LogP contribution in [-0.4, -0.2) is 11.7 Å². The van der Waals surface area contributed by atoms with Crippen molar-refractivity contribution in [2.75, 3.05) is 5.88 Å². The van der Waals surface area contributed by atoms with Crippen LogP contribution in [0.4, 0.5) is 0 Å². The minimum atomic E-state index is 0.193. The van der Waals surface area contributed by atoms with E-state index >= 15 is 0 Å². The first-order valence-corrected chi connectivity index (χ1v) is 6.25. The van der Waals surface area contributed by atoms with Crippen LogP contribution in [0.1, 0.15) is 34.3 Å². The fraction of sp³-hybridized carbons (Fsp3) is 0.417. The molecule has 0 aliphatic heterocycles. The monoisotopic (exact) mass is 288 g/mol. The van der Waals surface area contributed by atoms with E-state index in [9.17, 15) is 4.79 Å². The van der Waals surface area contributed by atoms with Crippen LogP contribution in [0.5, 0.6) is 0 Å². The number of rotatable bonds is 4. The minimum Gasteiger partial charge on any atom is -0.294 e. The lowest BCUT2D eigenvalue weighted by Gasteiger charge is -2.09. The van der Waals surface area contributed by atoms with Gasteiger partial charge in [-0.1, -0.05) is 15.9 Å². The highest BCUT2D eigenvalue weighted by Gasteiger charge is 2.12. The number of hydrogen-bond donors (Lipinski definition) is 0. The van der Waals surface area contributed by atoms with E-state index in [2.05, 4.69) is 15.9 Å². The van der Waals surface area contributed by atoms with Crippen molar-refractivity contribution in [2.45, 2.75) is 26.7 Å². The van der Waals surface area contributed by atoms with Gasteiger partial charge in [0.1, 0.15) is 0 Å². The predicted molar refractivity (Wildman–Crippen MR) is 67.9 cm³/mol. The largest absolute Gasteiger partial charge is 0.294 e. The maximum atomic E-state index is 11.9. The third-order valence-electron chi connectivity index (χ3n) is 2.31. The molecule has 1 rings (SSSR count). The maximum Gasteiger partial charge on any atom is 0.163 e. The SMILES string of the molecule is Cc1cc(Br)cc(C)c1C(=O)CCCCl. The van der Waals surface area contributed by atoms with Crippen molar-refractivity contribution < 1.29 is 4.79 Å². The van der Waals surface area contributed by atoms with Crippen molar-refractivity contribution in [3.8, 4) is 0 Å². The first-order chi connectivity index (χ1) is 7.06. The number of halogens is 2. The second kappa shape index (κ2) is 5.66. The number of ketones is 1. The molecule has 0 aliphatic rings. The van der Waals surface area contributed by atoms with Gasteiger partial charge < -0.3 is 0 Å². The Kier molecular flexibility index (Phi) is 4.81. The first-order valence-electron chi connectivity index (χ1n) is 4.92. The number of hydrogen-bond acceptors (Lipinski definition) is 1. The average molecular weight is 290 g/mol. The van der Waals surface area contributed by atoms with Crippen LogP contribution in [0.15, 0.2) is 16.6 Å². The van der Waals surface area contributed by atoms with E-state index in [1.54, 1.807) is 0 Å². The molecule has 0 unspecified atom stereocenters. The molecular weight excluding hydrogens is 275 g/mol. The molecule has 0 aromatic heterocycles. The Balaban J connectivity index is 2.98. The van der Waals surface area contributed by atoms with Gasteiger partial charge in [-0.25, -0.2) is 0 Å². The summed E-state index contributed by atoms with van der Waals surface area (Å²) >= 11 is 8.99. The molecule has 0 amide bonds. The Morgan fingerprint density at radius 3 is 2.33 bits per heavy atom. The lowest BCUT2D eigenvalue weighted by Crippen LogP contribution is -2.05. The molecule has 0 heterocycles. The van der Waals surface area contributed by atoms with Crippen molar-refractivity contribution in [1.82, 2.24) is 0 Å². The maximum absolute atomic E-state index is 11.9. The van der Waals surface area contributed by atoms with Crippen molar-refractivity contribution in [3.63, 3.8) is 0 Å².